The van der Waals surface area contributed by atoms with Crippen molar-refractivity contribution in [3.63, 3.8) is 0 Å². The van der Waals surface area contributed by atoms with Crippen molar-refractivity contribution in [3.05, 3.63) is 71.8 Å². The molecule has 23 heavy (non-hydrogen) atoms. The van der Waals surface area contributed by atoms with Gasteiger partial charge in [-0.25, -0.2) is 10.0 Å². The highest BCUT2D eigenvalue weighted by atomic mass is 32.2. The van der Waals surface area contributed by atoms with Crippen molar-refractivity contribution in [2.45, 2.75) is 30.7 Å². The van der Waals surface area contributed by atoms with Crippen LogP contribution in [0.1, 0.15) is 36.6 Å². The van der Waals surface area contributed by atoms with Crippen molar-refractivity contribution in [2.75, 3.05) is 19.8 Å². The molecule has 0 aromatic heterocycles. The van der Waals surface area contributed by atoms with E-state index in [9.17, 15) is 0 Å². The third-order valence-electron chi connectivity index (χ3n) is 4.72. The molecule has 0 amide bonds. The van der Waals surface area contributed by atoms with Gasteiger partial charge in [-0.15, -0.1) is 0 Å². The highest BCUT2D eigenvalue weighted by Crippen LogP contribution is 2.48. The quantitative estimate of drug-likeness (QED) is 0.781. The van der Waals surface area contributed by atoms with Gasteiger partial charge in [0.05, 0.1) is 12.1 Å². The largest absolute Gasteiger partial charge is 0.236 e. The van der Waals surface area contributed by atoms with Crippen molar-refractivity contribution in [1.29, 1.82) is 0 Å². The molecule has 0 bridgehead atoms. The molecule has 2 atom stereocenters. The van der Waals surface area contributed by atoms with Crippen LogP contribution in [0.5, 0.6) is 0 Å². The number of hydrazine groups is 1. The van der Waals surface area contributed by atoms with E-state index in [-0.39, 0.29) is 0 Å². The topological polar surface area (TPSA) is 6.48 Å². The summed E-state index contributed by atoms with van der Waals surface area (Å²) in [5.74, 6) is 1.21. The summed E-state index contributed by atoms with van der Waals surface area (Å²) in [6.45, 7) is 2.27. The molecule has 2 aromatic carbocycles. The predicted octanol–water partition coefficient (Wildman–Crippen LogP) is 4.77. The number of hydrogen-bond acceptors (Lipinski definition) is 3. The molecule has 0 N–H and O–H groups in total. The van der Waals surface area contributed by atoms with Crippen molar-refractivity contribution in [3.8, 4) is 0 Å². The molecule has 122 valence electrons. The zero-order valence-corrected chi connectivity index (χ0v) is 15.0. The second-order valence-corrected chi connectivity index (χ2v) is 7.48. The third-order valence-corrected chi connectivity index (χ3v) is 6.27. The van der Waals surface area contributed by atoms with E-state index in [1.165, 1.54) is 23.3 Å². The molecule has 2 aromatic rings. The monoisotopic (exact) mass is 326 g/mol. The fourth-order valence-electron chi connectivity index (χ4n) is 3.54. The minimum absolute atomic E-state index is 0.419. The van der Waals surface area contributed by atoms with Crippen LogP contribution in [-0.4, -0.2) is 35.1 Å². The van der Waals surface area contributed by atoms with Crippen molar-refractivity contribution < 1.29 is 0 Å². The summed E-state index contributed by atoms with van der Waals surface area (Å²) in [4.78, 5) is 0. The highest BCUT2D eigenvalue weighted by molar-refractivity contribution is 8.00. The lowest BCUT2D eigenvalue weighted by Gasteiger charge is -2.27. The lowest BCUT2D eigenvalue weighted by Crippen LogP contribution is -2.32. The first kappa shape index (κ1) is 16.6. The Morgan fingerprint density at radius 1 is 0.783 bits per heavy atom. The van der Waals surface area contributed by atoms with Crippen LogP contribution < -0.4 is 0 Å². The first-order valence-corrected chi connectivity index (χ1v) is 9.46. The molecule has 1 saturated heterocycles. The molecule has 0 aliphatic carbocycles. The van der Waals surface area contributed by atoms with E-state index in [2.05, 4.69) is 103 Å². The zero-order chi connectivity index (χ0) is 16.2. The van der Waals surface area contributed by atoms with Crippen LogP contribution in [0, 0.1) is 0 Å². The first-order valence-electron chi connectivity index (χ1n) is 8.41. The number of hydrogen-bond donors (Lipinski definition) is 0. The van der Waals surface area contributed by atoms with Crippen LogP contribution in [0.15, 0.2) is 60.7 Å². The Kier molecular flexibility index (Phi) is 5.42. The number of nitrogens with zero attached hydrogens (tertiary/aromatic N) is 2. The zero-order valence-electron chi connectivity index (χ0n) is 14.2. The number of thioether (sulfide) groups is 1. The van der Waals surface area contributed by atoms with Gasteiger partial charge in [0.25, 0.3) is 0 Å². The standard InChI is InChI=1S/C20H26N2S/c1-4-15-23-20-18(16-11-7-5-8-12-16)21(2)22(3)19(20)17-13-9-6-10-14-17/h5-14,18-20H,4,15H2,1-3H3. The fourth-order valence-corrected chi connectivity index (χ4v) is 5.08. The molecular formula is C20H26N2S. The molecule has 1 heterocycles. The molecule has 3 rings (SSSR count). The van der Waals surface area contributed by atoms with Gasteiger partial charge >= 0.3 is 0 Å². The van der Waals surface area contributed by atoms with E-state index in [4.69, 9.17) is 0 Å². The summed E-state index contributed by atoms with van der Waals surface area (Å²) in [5.41, 5.74) is 2.82. The molecular weight excluding hydrogens is 300 g/mol. The summed E-state index contributed by atoms with van der Waals surface area (Å²) in [6.07, 6.45) is 1.22. The Morgan fingerprint density at radius 3 is 1.61 bits per heavy atom. The second-order valence-electron chi connectivity index (χ2n) is 6.19. The van der Waals surface area contributed by atoms with Gasteiger partial charge in [-0.2, -0.15) is 11.8 Å². The summed E-state index contributed by atoms with van der Waals surface area (Å²) < 4.78 is 0. The Morgan fingerprint density at radius 2 is 1.22 bits per heavy atom. The first-order chi connectivity index (χ1) is 11.2. The van der Waals surface area contributed by atoms with Crippen LogP contribution >= 0.6 is 11.8 Å². The molecule has 1 fully saturated rings. The van der Waals surface area contributed by atoms with Crippen molar-refractivity contribution in [2.24, 2.45) is 0 Å². The highest BCUT2D eigenvalue weighted by Gasteiger charge is 2.45. The predicted molar refractivity (Wildman–Crippen MR) is 100 cm³/mol. The Bertz CT molecular complexity index is 550. The van der Waals surface area contributed by atoms with E-state index in [0.717, 1.165) is 0 Å². The molecule has 0 radical (unpaired) electrons. The van der Waals surface area contributed by atoms with Gasteiger partial charge in [0.1, 0.15) is 0 Å². The number of rotatable bonds is 5. The van der Waals surface area contributed by atoms with Gasteiger partial charge in [0.15, 0.2) is 0 Å². The van der Waals surface area contributed by atoms with Crippen LogP contribution in [0.4, 0.5) is 0 Å². The van der Waals surface area contributed by atoms with E-state index in [1.54, 1.807) is 0 Å². The Labute approximate surface area is 144 Å². The van der Waals surface area contributed by atoms with Gasteiger partial charge in [0.2, 0.25) is 0 Å². The summed E-state index contributed by atoms with van der Waals surface area (Å²) in [6, 6.07) is 22.7. The van der Waals surface area contributed by atoms with Crippen LogP contribution in [0.2, 0.25) is 0 Å². The van der Waals surface area contributed by atoms with Gasteiger partial charge in [-0.1, -0.05) is 67.6 Å². The van der Waals surface area contributed by atoms with Crippen molar-refractivity contribution >= 4 is 11.8 Å². The molecule has 2 nitrogen and oxygen atoms in total. The Balaban J connectivity index is 1.98. The average molecular weight is 327 g/mol. The average Bonchev–Trinajstić information content (AvgIpc) is 2.85. The van der Waals surface area contributed by atoms with Gasteiger partial charge < -0.3 is 0 Å². The summed E-state index contributed by atoms with van der Waals surface area (Å²) >= 11 is 2.11. The smallest absolute Gasteiger partial charge is 0.0630 e. The van der Waals surface area contributed by atoms with Gasteiger partial charge in [0, 0.05) is 19.3 Å². The van der Waals surface area contributed by atoms with Crippen molar-refractivity contribution in [1.82, 2.24) is 10.0 Å². The molecule has 1 aliphatic rings. The maximum Gasteiger partial charge on any atom is 0.0630 e. The normalized spacial score (nSPS) is 25.8. The third kappa shape index (κ3) is 3.32. The Hall–Kier alpha value is -1.29. The van der Waals surface area contributed by atoms with E-state index >= 15 is 0 Å². The maximum absolute atomic E-state index is 2.42. The molecule has 1 aliphatic heterocycles. The molecule has 2 unspecified atom stereocenters. The summed E-state index contributed by atoms with van der Waals surface area (Å²) in [5, 5.41) is 5.37. The SMILES string of the molecule is CCCSC1C(c2ccccc2)N(C)N(C)C1c1ccccc1. The van der Waals surface area contributed by atoms with E-state index in [0.29, 0.717) is 17.3 Å². The molecule has 3 heteroatoms. The van der Waals surface area contributed by atoms with E-state index in [1.807, 2.05) is 0 Å². The van der Waals surface area contributed by atoms with E-state index < -0.39 is 0 Å². The van der Waals surface area contributed by atoms with Gasteiger partial charge in [-0.3, -0.25) is 0 Å². The second kappa shape index (κ2) is 7.52. The minimum Gasteiger partial charge on any atom is -0.236 e. The van der Waals surface area contributed by atoms with Crippen LogP contribution in [0.3, 0.4) is 0 Å². The molecule has 0 saturated carbocycles. The minimum atomic E-state index is 0.419. The fraction of sp³-hybridized carbons (Fsp3) is 0.400. The lowest BCUT2D eigenvalue weighted by atomic mass is 9.96. The number of benzene rings is 2. The lowest BCUT2D eigenvalue weighted by molar-refractivity contribution is 0.0252. The van der Waals surface area contributed by atoms with Gasteiger partial charge in [-0.05, 0) is 23.3 Å². The maximum atomic E-state index is 2.42. The summed E-state index contributed by atoms with van der Waals surface area (Å²) in [7, 11) is 4.44. The van der Waals surface area contributed by atoms with Crippen LogP contribution in [-0.2, 0) is 0 Å². The van der Waals surface area contributed by atoms with Crippen LogP contribution in [0.25, 0.3) is 0 Å². The molecule has 0 spiro atoms.